The highest BCUT2D eigenvalue weighted by Gasteiger charge is 2.53. The highest BCUT2D eigenvalue weighted by atomic mass is 19.4. The summed E-state index contributed by atoms with van der Waals surface area (Å²) in [5.74, 6) is -2.75. The fraction of sp³-hybridized carbons (Fsp3) is 0.444. The Bertz CT molecular complexity index is 879. The van der Waals surface area contributed by atoms with Crippen molar-refractivity contribution in [3.63, 3.8) is 0 Å². The summed E-state index contributed by atoms with van der Waals surface area (Å²) in [5.41, 5.74) is -2.00. The van der Waals surface area contributed by atoms with Crippen LogP contribution in [0.15, 0.2) is 18.2 Å². The number of halogens is 3. The molecule has 0 saturated carbocycles. The first-order valence-corrected chi connectivity index (χ1v) is 8.58. The number of hydrogen-bond acceptors (Lipinski definition) is 4. The lowest BCUT2D eigenvalue weighted by Gasteiger charge is -2.29. The second-order valence-electron chi connectivity index (χ2n) is 7.31. The van der Waals surface area contributed by atoms with Gasteiger partial charge in [0.2, 0.25) is 17.7 Å². The van der Waals surface area contributed by atoms with Crippen LogP contribution >= 0.6 is 0 Å². The van der Waals surface area contributed by atoms with E-state index in [0.29, 0.717) is 5.56 Å². The van der Waals surface area contributed by atoms with Crippen molar-refractivity contribution >= 4 is 29.3 Å². The van der Waals surface area contributed by atoms with Crippen molar-refractivity contribution in [2.75, 3.05) is 5.32 Å². The molecule has 1 atom stereocenters. The SMILES string of the molecule is CC(C)(C(=O)Nc1cccc2c1CN(C1CCC(=O)NC1=O)C2=O)C(F)(F)F. The molecule has 150 valence electrons. The minimum atomic E-state index is -4.75. The van der Waals surface area contributed by atoms with Crippen LogP contribution in [0.25, 0.3) is 0 Å². The molecule has 10 heteroatoms. The van der Waals surface area contributed by atoms with Gasteiger partial charge in [0.1, 0.15) is 11.5 Å². The Morgan fingerprint density at radius 3 is 2.50 bits per heavy atom. The van der Waals surface area contributed by atoms with Crippen LogP contribution in [0.5, 0.6) is 0 Å². The summed E-state index contributed by atoms with van der Waals surface area (Å²) in [4.78, 5) is 49.5. The average Bonchev–Trinajstić information content (AvgIpc) is 2.92. The van der Waals surface area contributed by atoms with E-state index in [9.17, 15) is 32.3 Å². The van der Waals surface area contributed by atoms with E-state index in [0.717, 1.165) is 13.8 Å². The molecular weight excluding hydrogens is 379 g/mol. The topological polar surface area (TPSA) is 95.6 Å². The van der Waals surface area contributed by atoms with Gasteiger partial charge in [-0.15, -0.1) is 0 Å². The van der Waals surface area contributed by atoms with Crippen molar-refractivity contribution < 1.29 is 32.3 Å². The van der Waals surface area contributed by atoms with Gasteiger partial charge < -0.3 is 10.2 Å². The number of benzene rings is 1. The Morgan fingerprint density at radius 2 is 1.89 bits per heavy atom. The van der Waals surface area contributed by atoms with Crippen LogP contribution in [0.3, 0.4) is 0 Å². The van der Waals surface area contributed by atoms with E-state index in [1.807, 2.05) is 0 Å². The predicted molar refractivity (Wildman–Crippen MR) is 91.0 cm³/mol. The molecule has 0 bridgehead atoms. The molecule has 1 aromatic carbocycles. The van der Waals surface area contributed by atoms with Gasteiger partial charge in [-0.2, -0.15) is 13.2 Å². The minimum absolute atomic E-state index is 0.0522. The van der Waals surface area contributed by atoms with Gasteiger partial charge in [-0.25, -0.2) is 0 Å². The molecule has 1 saturated heterocycles. The molecule has 28 heavy (non-hydrogen) atoms. The predicted octanol–water partition coefficient (Wildman–Crippen LogP) is 1.97. The van der Waals surface area contributed by atoms with Crippen molar-refractivity contribution in [3.05, 3.63) is 29.3 Å². The van der Waals surface area contributed by atoms with Gasteiger partial charge >= 0.3 is 6.18 Å². The number of amides is 4. The van der Waals surface area contributed by atoms with E-state index in [4.69, 9.17) is 0 Å². The van der Waals surface area contributed by atoms with E-state index < -0.39 is 41.3 Å². The fourth-order valence-electron chi connectivity index (χ4n) is 3.11. The van der Waals surface area contributed by atoms with Gasteiger partial charge in [0, 0.05) is 29.8 Å². The molecule has 1 aromatic rings. The first-order valence-electron chi connectivity index (χ1n) is 8.58. The summed E-state index contributed by atoms with van der Waals surface area (Å²) in [6, 6.07) is 3.48. The first kappa shape index (κ1) is 19.8. The summed E-state index contributed by atoms with van der Waals surface area (Å²) in [7, 11) is 0. The maximum absolute atomic E-state index is 13.1. The number of anilines is 1. The number of alkyl halides is 3. The van der Waals surface area contributed by atoms with E-state index >= 15 is 0 Å². The first-order chi connectivity index (χ1) is 12.9. The van der Waals surface area contributed by atoms with E-state index in [1.54, 1.807) is 0 Å². The maximum Gasteiger partial charge on any atom is 0.402 e. The monoisotopic (exact) mass is 397 g/mol. The minimum Gasteiger partial charge on any atom is -0.325 e. The summed E-state index contributed by atoms with van der Waals surface area (Å²) < 4.78 is 39.3. The third-order valence-electron chi connectivity index (χ3n) is 5.11. The number of carbonyl (C=O) groups excluding carboxylic acids is 4. The zero-order valence-electron chi connectivity index (χ0n) is 15.1. The quantitative estimate of drug-likeness (QED) is 0.763. The van der Waals surface area contributed by atoms with Crippen molar-refractivity contribution in [1.82, 2.24) is 10.2 Å². The normalized spacial score (nSPS) is 20.1. The molecule has 0 spiro atoms. The van der Waals surface area contributed by atoms with E-state index in [2.05, 4.69) is 10.6 Å². The zero-order valence-corrected chi connectivity index (χ0v) is 15.1. The van der Waals surface area contributed by atoms with Crippen LogP contribution in [-0.4, -0.2) is 40.7 Å². The third-order valence-corrected chi connectivity index (χ3v) is 5.11. The Labute approximate surface area is 158 Å². The number of fused-ring (bicyclic) bond motifs is 1. The summed E-state index contributed by atoms with van der Waals surface area (Å²) in [6.07, 6.45) is -4.50. The van der Waals surface area contributed by atoms with Crippen LogP contribution in [0.2, 0.25) is 0 Å². The highest BCUT2D eigenvalue weighted by molar-refractivity contribution is 6.07. The maximum atomic E-state index is 13.1. The number of nitrogens with one attached hydrogen (secondary N) is 2. The van der Waals surface area contributed by atoms with Crippen LogP contribution < -0.4 is 10.6 Å². The smallest absolute Gasteiger partial charge is 0.325 e. The van der Waals surface area contributed by atoms with Gasteiger partial charge in [-0.05, 0) is 32.4 Å². The molecule has 0 aromatic heterocycles. The molecule has 2 aliphatic rings. The standard InChI is InChI=1S/C18H18F3N3O4/c1-17(2,18(19,20)21)16(28)22-11-5-3-4-9-10(11)8-24(15(9)27)12-6-7-13(25)23-14(12)26/h3-5,12H,6-8H2,1-2H3,(H,22,28)(H,23,25,26). The van der Waals surface area contributed by atoms with E-state index in [-0.39, 0.29) is 30.6 Å². The highest BCUT2D eigenvalue weighted by Crippen LogP contribution is 2.39. The average molecular weight is 397 g/mol. The van der Waals surface area contributed by atoms with Gasteiger partial charge in [0.05, 0.1) is 0 Å². The lowest BCUT2D eigenvalue weighted by Crippen LogP contribution is -2.52. The van der Waals surface area contributed by atoms with Gasteiger partial charge in [0.15, 0.2) is 0 Å². The lowest BCUT2D eigenvalue weighted by molar-refractivity contribution is -0.208. The molecule has 1 unspecified atom stereocenters. The molecule has 3 rings (SSSR count). The van der Waals surface area contributed by atoms with Crippen molar-refractivity contribution in [3.8, 4) is 0 Å². The van der Waals surface area contributed by atoms with Gasteiger partial charge in [0.25, 0.3) is 5.91 Å². The molecule has 2 heterocycles. The van der Waals surface area contributed by atoms with Crippen molar-refractivity contribution in [2.24, 2.45) is 5.41 Å². The Balaban J connectivity index is 1.86. The fourth-order valence-corrected chi connectivity index (χ4v) is 3.11. The number of nitrogens with zero attached hydrogens (tertiary/aromatic N) is 1. The molecule has 0 radical (unpaired) electrons. The van der Waals surface area contributed by atoms with Gasteiger partial charge in [-0.3, -0.25) is 24.5 Å². The molecular formula is C18H18F3N3O4. The second-order valence-corrected chi connectivity index (χ2v) is 7.31. The van der Waals surface area contributed by atoms with Crippen LogP contribution in [-0.2, 0) is 20.9 Å². The molecule has 2 N–H and O–H groups in total. The number of hydrogen-bond donors (Lipinski definition) is 2. The molecule has 0 aliphatic carbocycles. The number of rotatable bonds is 3. The van der Waals surface area contributed by atoms with Crippen molar-refractivity contribution in [2.45, 2.75) is 45.5 Å². The van der Waals surface area contributed by atoms with Crippen LogP contribution in [0.4, 0.5) is 18.9 Å². The zero-order chi connectivity index (χ0) is 20.9. The second kappa shape index (κ2) is 6.61. The summed E-state index contributed by atoms with van der Waals surface area (Å²) >= 11 is 0. The third kappa shape index (κ3) is 3.23. The molecule has 1 fully saturated rings. The Kier molecular flexibility index (Phi) is 4.68. The Morgan fingerprint density at radius 1 is 1.21 bits per heavy atom. The molecule has 4 amide bonds. The number of carbonyl (C=O) groups is 4. The summed E-state index contributed by atoms with van der Waals surface area (Å²) in [6.45, 7) is 1.49. The Hall–Kier alpha value is -2.91. The summed E-state index contributed by atoms with van der Waals surface area (Å²) in [5, 5.41) is 4.43. The van der Waals surface area contributed by atoms with Crippen LogP contribution in [0.1, 0.15) is 42.6 Å². The van der Waals surface area contributed by atoms with E-state index in [1.165, 1.54) is 23.1 Å². The molecule has 7 nitrogen and oxygen atoms in total. The lowest BCUT2D eigenvalue weighted by atomic mass is 9.91. The van der Waals surface area contributed by atoms with Crippen molar-refractivity contribution in [1.29, 1.82) is 0 Å². The number of imide groups is 1. The molecule has 2 aliphatic heterocycles. The van der Waals surface area contributed by atoms with Gasteiger partial charge in [-0.1, -0.05) is 6.07 Å². The number of piperidine rings is 1. The largest absolute Gasteiger partial charge is 0.402 e. The van der Waals surface area contributed by atoms with Crippen LogP contribution in [0, 0.1) is 5.41 Å².